The summed E-state index contributed by atoms with van der Waals surface area (Å²) in [7, 11) is 0. The van der Waals surface area contributed by atoms with Crippen molar-refractivity contribution in [2.24, 2.45) is 0 Å². The molecule has 21 heavy (non-hydrogen) atoms. The predicted octanol–water partition coefficient (Wildman–Crippen LogP) is 3.55. The highest BCUT2D eigenvalue weighted by atomic mass is 15.1. The van der Waals surface area contributed by atoms with E-state index < -0.39 is 0 Å². The molecule has 2 rings (SSSR count). The van der Waals surface area contributed by atoms with E-state index in [4.69, 9.17) is 0 Å². The Bertz CT molecular complexity index is 546. The number of pyridine rings is 2. The number of fused-ring (bicyclic) bond motifs is 1. The second kappa shape index (κ2) is 7.93. The van der Waals surface area contributed by atoms with Crippen LogP contribution in [0, 0.1) is 0 Å². The fraction of sp³-hybridized carbons (Fsp3) is 0.529. The molecule has 0 aliphatic rings. The van der Waals surface area contributed by atoms with Crippen molar-refractivity contribution in [3.05, 3.63) is 30.6 Å². The van der Waals surface area contributed by atoms with Gasteiger partial charge < -0.3 is 10.2 Å². The van der Waals surface area contributed by atoms with E-state index in [0.29, 0.717) is 6.04 Å². The van der Waals surface area contributed by atoms with Crippen LogP contribution in [0.15, 0.2) is 30.6 Å². The van der Waals surface area contributed by atoms with Crippen molar-refractivity contribution in [2.75, 3.05) is 25.0 Å². The van der Waals surface area contributed by atoms with Gasteiger partial charge in [0, 0.05) is 29.5 Å². The maximum Gasteiger partial charge on any atom is 0.161 e. The van der Waals surface area contributed by atoms with Gasteiger partial charge in [0.05, 0.1) is 0 Å². The Hall–Kier alpha value is -1.68. The van der Waals surface area contributed by atoms with Crippen LogP contribution in [-0.4, -0.2) is 40.5 Å². The van der Waals surface area contributed by atoms with Gasteiger partial charge in [0.25, 0.3) is 0 Å². The fourth-order valence-corrected chi connectivity index (χ4v) is 2.61. The number of hydrogen-bond acceptors (Lipinski definition) is 4. The van der Waals surface area contributed by atoms with Gasteiger partial charge in [-0.3, -0.25) is 0 Å². The lowest BCUT2D eigenvalue weighted by Gasteiger charge is -2.20. The number of hydrogen-bond donors (Lipinski definition) is 1. The van der Waals surface area contributed by atoms with Crippen molar-refractivity contribution < 1.29 is 0 Å². The molecule has 114 valence electrons. The molecule has 4 nitrogen and oxygen atoms in total. The third-order valence-electron chi connectivity index (χ3n) is 3.92. The first-order chi connectivity index (χ1) is 10.2. The highest BCUT2D eigenvalue weighted by Gasteiger charge is 2.07. The molecule has 1 atom stereocenters. The highest BCUT2D eigenvalue weighted by Crippen LogP contribution is 2.20. The lowest BCUT2D eigenvalue weighted by molar-refractivity contribution is 0.295. The van der Waals surface area contributed by atoms with Crippen LogP contribution in [0.2, 0.25) is 0 Å². The second-order valence-electron chi connectivity index (χ2n) is 5.45. The summed E-state index contributed by atoms with van der Waals surface area (Å²) < 4.78 is 0. The van der Waals surface area contributed by atoms with E-state index in [9.17, 15) is 0 Å². The first-order valence-corrected chi connectivity index (χ1v) is 7.93. The van der Waals surface area contributed by atoms with Crippen LogP contribution in [0.4, 0.5) is 5.69 Å². The van der Waals surface area contributed by atoms with Crippen LogP contribution >= 0.6 is 0 Å². The monoisotopic (exact) mass is 286 g/mol. The van der Waals surface area contributed by atoms with Crippen LogP contribution in [0.25, 0.3) is 11.0 Å². The molecule has 0 radical (unpaired) electrons. The molecule has 2 aromatic heterocycles. The van der Waals surface area contributed by atoms with Crippen LogP contribution in [0.1, 0.15) is 33.6 Å². The summed E-state index contributed by atoms with van der Waals surface area (Å²) in [4.78, 5) is 11.1. The number of rotatable bonds is 8. The minimum absolute atomic E-state index is 0.450. The molecule has 0 spiro atoms. The molecule has 1 N–H and O–H groups in total. The van der Waals surface area contributed by atoms with Crippen molar-refractivity contribution in [2.45, 2.75) is 39.7 Å². The molecule has 1 unspecified atom stereocenters. The second-order valence-corrected chi connectivity index (χ2v) is 5.45. The Morgan fingerprint density at radius 3 is 2.67 bits per heavy atom. The Morgan fingerprint density at radius 2 is 1.90 bits per heavy atom. The molecule has 0 aliphatic heterocycles. The molecule has 0 fully saturated rings. The number of nitrogens with zero attached hydrogens (tertiary/aromatic N) is 3. The Labute approximate surface area is 127 Å². The van der Waals surface area contributed by atoms with Gasteiger partial charge in [-0.25, -0.2) is 9.97 Å². The maximum atomic E-state index is 4.30. The molecule has 0 aromatic carbocycles. The van der Waals surface area contributed by atoms with E-state index in [1.807, 2.05) is 18.3 Å². The third-order valence-corrected chi connectivity index (χ3v) is 3.92. The van der Waals surface area contributed by atoms with Gasteiger partial charge in [-0.15, -0.1) is 0 Å². The van der Waals surface area contributed by atoms with E-state index in [1.54, 1.807) is 6.20 Å². The van der Waals surface area contributed by atoms with Gasteiger partial charge in [0.2, 0.25) is 0 Å². The van der Waals surface area contributed by atoms with Crippen molar-refractivity contribution in [1.29, 1.82) is 0 Å². The van der Waals surface area contributed by atoms with E-state index in [2.05, 4.69) is 47.0 Å². The van der Waals surface area contributed by atoms with Gasteiger partial charge in [-0.2, -0.15) is 0 Å². The number of anilines is 1. The SMILES string of the molecule is CCN(CC)CCCC(C)Nc1ccnc2ncccc12. The average molecular weight is 286 g/mol. The largest absolute Gasteiger partial charge is 0.382 e. The van der Waals surface area contributed by atoms with Crippen molar-refractivity contribution >= 4 is 16.7 Å². The lowest BCUT2D eigenvalue weighted by Crippen LogP contribution is -2.25. The summed E-state index contributed by atoms with van der Waals surface area (Å²) in [5.41, 5.74) is 1.93. The Balaban J connectivity index is 1.91. The first-order valence-electron chi connectivity index (χ1n) is 7.93. The summed E-state index contributed by atoms with van der Waals surface area (Å²) in [5.74, 6) is 0. The summed E-state index contributed by atoms with van der Waals surface area (Å²) >= 11 is 0. The smallest absolute Gasteiger partial charge is 0.161 e. The molecule has 4 heteroatoms. The van der Waals surface area contributed by atoms with Crippen molar-refractivity contribution in [3.63, 3.8) is 0 Å². The van der Waals surface area contributed by atoms with Gasteiger partial charge >= 0.3 is 0 Å². The minimum Gasteiger partial charge on any atom is -0.382 e. The number of nitrogens with one attached hydrogen (secondary N) is 1. The summed E-state index contributed by atoms with van der Waals surface area (Å²) in [6, 6.07) is 6.51. The summed E-state index contributed by atoms with van der Waals surface area (Å²) in [6.07, 6.45) is 5.99. The standard InChI is InChI=1S/C17H26N4/c1-4-21(5-2)13-7-8-14(3)20-16-10-12-19-17-15(16)9-6-11-18-17/h6,9-12,14H,4-5,7-8,13H2,1-3H3,(H,18,19,20). The van der Waals surface area contributed by atoms with Crippen LogP contribution in [0.3, 0.4) is 0 Å². The summed E-state index contributed by atoms with van der Waals surface area (Å²) in [5, 5.41) is 4.69. The van der Waals surface area contributed by atoms with Crippen molar-refractivity contribution in [3.8, 4) is 0 Å². The molecule has 0 aliphatic carbocycles. The van der Waals surface area contributed by atoms with E-state index in [0.717, 1.165) is 29.8 Å². The number of aromatic nitrogens is 2. The Morgan fingerprint density at radius 1 is 1.14 bits per heavy atom. The molecule has 0 saturated heterocycles. The predicted molar refractivity (Wildman–Crippen MR) is 89.6 cm³/mol. The van der Waals surface area contributed by atoms with Gasteiger partial charge in [-0.1, -0.05) is 13.8 Å². The molecule has 0 bridgehead atoms. The van der Waals surface area contributed by atoms with E-state index in [-0.39, 0.29) is 0 Å². The minimum atomic E-state index is 0.450. The molecular weight excluding hydrogens is 260 g/mol. The van der Waals surface area contributed by atoms with E-state index in [1.165, 1.54) is 19.4 Å². The first kappa shape index (κ1) is 15.7. The molecule has 0 saturated carbocycles. The zero-order valence-electron chi connectivity index (χ0n) is 13.3. The van der Waals surface area contributed by atoms with Gasteiger partial charge in [0.1, 0.15) is 0 Å². The molecule has 2 heterocycles. The third kappa shape index (κ3) is 4.39. The molecule has 2 aromatic rings. The zero-order chi connectivity index (χ0) is 15.1. The Kier molecular flexibility index (Phi) is 5.93. The van der Waals surface area contributed by atoms with Crippen LogP contribution in [-0.2, 0) is 0 Å². The van der Waals surface area contributed by atoms with Crippen LogP contribution < -0.4 is 5.32 Å². The fourth-order valence-electron chi connectivity index (χ4n) is 2.61. The molecule has 0 amide bonds. The quantitative estimate of drug-likeness (QED) is 0.805. The van der Waals surface area contributed by atoms with Gasteiger partial charge in [0.15, 0.2) is 5.65 Å². The summed E-state index contributed by atoms with van der Waals surface area (Å²) in [6.45, 7) is 10.1. The van der Waals surface area contributed by atoms with Crippen molar-refractivity contribution in [1.82, 2.24) is 14.9 Å². The normalized spacial score (nSPS) is 12.8. The average Bonchev–Trinajstić information content (AvgIpc) is 2.52. The van der Waals surface area contributed by atoms with E-state index >= 15 is 0 Å². The highest BCUT2D eigenvalue weighted by molar-refractivity contribution is 5.88. The molecular formula is C17H26N4. The zero-order valence-corrected chi connectivity index (χ0v) is 13.3. The van der Waals surface area contributed by atoms with Crippen LogP contribution in [0.5, 0.6) is 0 Å². The van der Waals surface area contributed by atoms with Gasteiger partial charge in [-0.05, 0) is 57.6 Å². The maximum absolute atomic E-state index is 4.30. The topological polar surface area (TPSA) is 41.0 Å². The lowest BCUT2D eigenvalue weighted by atomic mass is 10.1.